The Balaban J connectivity index is 2.07. The van der Waals surface area contributed by atoms with E-state index in [0.717, 1.165) is 24.2 Å². The smallest absolute Gasteiger partial charge is 0.411 e. The summed E-state index contributed by atoms with van der Waals surface area (Å²) in [6.07, 6.45) is 3.24. The minimum atomic E-state index is -1.21. The topological polar surface area (TPSA) is 67.6 Å². The molecule has 0 bridgehead atoms. The van der Waals surface area contributed by atoms with Crippen LogP contribution < -0.4 is 4.90 Å². The first kappa shape index (κ1) is 13.8. The average Bonchev–Trinajstić information content (AvgIpc) is 2.89. The van der Waals surface area contributed by atoms with Gasteiger partial charge in [0.1, 0.15) is 12.0 Å². The molecule has 112 valence electrons. The van der Waals surface area contributed by atoms with Crippen LogP contribution in [0.25, 0.3) is 11.0 Å². The molecule has 0 radical (unpaired) electrons. The molecule has 1 aliphatic heterocycles. The number of rotatable bonds is 2. The van der Waals surface area contributed by atoms with Crippen LogP contribution in [0.4, 0.5) is 14.9 Å². The molecule has 0 spiro atoms. The molecule has 1 aliphatic rings. The van der Waals surface area contributed by atoms with Crippen molar-refractivity contribution in [1.29, 1.82) is 0 Å². The molecule has 3 rings (SSSR count). The number of aromatic nitrogens is 2. The molecule has 1 N–H and O–H groups in total. The van der Waals surface area contributed by atoms with Gasteiger partial charge in [-0.2, -0.15) is 0 Å². The second-order valence-electron chi connectivity index (χ2n) is 5.11. The van der Waals surface area contributed by atoms with E-state index < -0.39 is 11.9 Å². The summed E-state index contributed by atoms with van der Waals surface area (Å²) in [7, 11) is 1.31. The second-order valence-corrected chi connectivity index (χ2v) is 5.11. The first-order valence-corrected chi connectivity index (χ1v) is 6.82. The number of halogens is 1. The molecule has 21 heavy (non-hydrogen) atoms. The number of carboxylic acid groups (broad SMARTS) is 1. The highest BCUT2D eigenvalue weighted by Gasteiger charge is 2.21. The van der Waals surface area contributed by atoms with E-state index in [4.69, 9.17) is 9.84 Å². The minimum absolute atomic E-state index is 0.00700. The highest BCUT2D eigenvalue weighted by molar-refractivity contribution is 5.89. The standard InChI is InChI=1S/C14H16FN3O3/c1-17(14(19)20)11-7-12-10(6-9(11)15)16-8-18(12)13-4-2-3-5-21-13/h6-8,13H,2-5H2,1H3,(H,19,20). The number of fused-ring (bicyclic) bond motifs is 1. The molecule has 1 saturated heterocycles. The summed E-state index contributed by atoms with van der Waals surface area (Å²) < 4.78 is 21.5. The van der Waals surface area contributed by atoms with Crippen LogP contribution in [0, 0.1) is 5.82 Å². The molecule has 2 aromatic rings. The third kappa shape index (κ3) is 2.44. The van der Waals surface area contributed by atoms with Gasteiger partial charge in [0.05, 0.1) is 23.0 Å². The maximum atomic E-state index is 14.0. The SMILES string of the molecule is CN(C(=O)O)c1cc2c(cc1F)ncn2C1CCCCO1. The first-order valence-electron chi connectivity index (χ1n) is 6.82. The molecule has 0 saturated carbocycles. The summed E-state index contributed by atoms with van der Waals surface area (Å²) in [6, 6.07) is 2.76. The van der Waals surface area contributed by atoms with E-state index >= 15 is 0 Å². The van der Waals surface area contributed by atoms with E-state index in [-0.39, 0.29) is 11.9 Å². The monoisotopic (exact) mass is 293 g/mol. The van der Waals surface area contributed by atoms with Crippen LogP contribution in [0.1, 0.15) is 25.5 Å². The fraction of sp³-hybridized carbons (Fsp3) is 0.429. The maximum Gasteiger partial charge on any atom is 0.411 e. The van der Waals surface area contributed by atoms with Gasteiger partial charge in [0, 0.05) is 19.7 Å². The molecule has 2 heterocycles. The molecule has 7 heteroatoms. The van der Waals surface area contributed by atoms with E-state index in [1.54, 1.807) is 6.33 Å². The highest BCUT2D eigenvalue weighted by atomic mass is 19.1. The van der Waals surface area contributed by atoms with Crippen molar-refractivity contribution in [3.8, 4) is 0 Å². The summed E-state index contributed by atoms with van der Waals surface area (Å²) >= 11 is 0. The van der Waals surface area contributed by atoms with E-state index in [2.05, 4.69) is 4.98 Å². The molecule has 1 fully saturated rings. The Labute approximate surface area is 120 Å². The van der Waals surface area contributed by atoms with Gasteiger partial charge in [-0.3, -0.25) is 4.90 Å². The van der Waals surface area contributed by atoms with E-state index in [1.807, 2.05) is 4.57 Å². The van der Waals surface area contributed by atoms with Crippen LogP contribution in [-0.2, 0) is 4.74 Å². The van der Waals surface area contributed by atoms with Crippen molar-refractivity contribution in [3.63, 3.8) is 0 Å². The Bertz CT molecular complexity index is 679. The number of hydrogen-bond acceptors (Lipinski definition) is 3. The van der Waals surface area contributed by atoms with Gasteiger partial charge in [0.2, 0.25) is 0 Å². The lowest BCUT2D eigenvalue weighted by Crippen LogP contribution is -2.25. The third-order valence-electron chi connectivity index (χ3n) is 3.76. The summed E-state index contributed by atoms with van der Waals surface area (Å²) in [6.45, 7) is 0.688. The molecule has 1 atom stereocenters. The fourth-order valence-corrected chi connectivity index (χ4v) is 2.57. The van der Waals surface area contributed by atoms with Crippen molar-refractivity contribution >= 4 is 22.8 Å². The second kappa shape index (κ2) is 5.33. The van der Waals surface area contributed by atoms with Crippen molar-refractivity contribution in [2.24, 2.45) is 0 Å². The number of carbonyl (C=O) groups is 1. The largest absolute Gasteiger partial charge is 0.465 e. The first-order chi connectivity index (χ1) is 10.1. The van der Waals surface area contributed by atoms with Gasteiger partial charge >= 0.3 is 6.09 Å². The Morgan fingerprint density at radius 3 is 3.00 bits per heavy atom. The van der Waals surface area contributed by atoms with Crippen molar-refractivity contribution in [1.82, 2.24) is 9.55 Å². The Kier molecular flexibility index (Phi) is 3.50. The average molecular weight is 293 g/mol. The zero-order chi connectivity index (χ0) is 15.0. The molecule has 1 amide bonds. The minimum Gasteiger partial charge on any atom is -0.465 e. The summed E-state index contributed by atoms with van der Waals surface area (Å²) in [5.41, 5.74) is 1.17. The summed E-state index contributed by atoms with van der Waals surface area (Å²) in [4.78, 5) is 16.1. The number of hydrogen-bond donors (Lipinski definition) is 1. The number of benzene rings is 1. The predicted molar refractivity (Wildman–Crippen MR) is 75.0 cm³/mol. The number of amides is 1. The number of imidazole rings is 1. The lowest BCUT2D eigenvalue weighted by Gasteiger charge is -2.24. The highest BCUT2D eigenvalue weighted by Crippen LogP contribution is 2.30. The van der Waals surface area contributed by atoms with Crippen LogP contribution in [0.5, 0.6) is 0 Å². The van der Waals surface area contributed by atoms with Crippen molar-refractivity contribution in [3.05, 3.63) is 24.3 Å². The lowest BCUT2D eigenvalue weighted by molar-refractivity contribution is -0.0295. The molecule has 1 aromatic carbocycles. The summed E-state index contributed by atoms with van der Waals surface area (Å²) in [5, 5.41) is 9.01. The quantitative estimate of drug-likeness (QED) is 0.924. The van der Waals surface area contributed by atoms with Crippen molar-refractivity contribution < 1.29 is 19.0 Å². The summed E-state index contributed by atoms with van der Waals surface area (Å²) in [5.74, 6) is -0.609. The number of ether oxygens (including phenoxy) is 1. The fourth-order valence-electron chi connectivity index (χ4n) is 2.57. The van der Waals surface area contributed by atoms with Gasteiger partial charge in [-0.1, -0.05) is 0 Å². The van der Waals surface area contributed by atoms with Gasteiger partial charge in [-0.25, -0.2) is 14.2 Å². The Morgan fingerprint density at radius 2 is 2.33 bits per heavy atom. The molecular formula is C14H16FN3O3. The van der Waals surface area contributed by atoms with Gasteiger partial charge in [0.15, 0.2) is 0 Å². The Morgan fingerprint density at radius 1 is 1.52 bits per heavy atom. The van der Waals surface area contributed by atoms with Crippen LogP contribution in [0.15, 0.2) is 18.5 Å². The van der Waals surface area contributed by atoms with E-state index in [1.165, 1.54) is 19.2 Å². The van der Waals surface area contributed by atoms with Gasteiger partial charge < -0.3 is 14.4 Å². The molecule has 0 aliphatic carbocycles. The number of anilines is 1. The van der Waals surface area contributed by atoms with Gasteiger partial charge in [-0.15, -0.1) is 0 Å². The van der Waals surface area contributed by atoms with Gasteiger partial charge in [-0.05, 0) is 25.3 Å². The van der Waals surface area contributed by atoms with Crippen LogP contribution in [-0.4, -0.2) is 34.4 Å². The zero-order valence-corrected chi connectivity index (χ0v) is 11.6. The Hall–Kier alpha value is -2.15. The normalized spacial score (nSPS) is 18.9. The van der Waals surface area contributed by atoms with E-state index in [0.29, 0.717) is 17.6 Å². The molecular weight excluding hydrogens is 277 g/mol. The molecule has 1 aromatic heterocycles. The predicted octanol–water partition coefficient (Wildman–Crippen LogP) is 2.99. The maximum absolute atomic E-state index is 14.0. The number of nitrogens with zero attached hydrogens (tertiary/aromatic N) is 3. The van der Waals surface area contributed by atoms with Crippen LogP contribution in [0.2, 0.25) is 0 Å². The molecule has 1 unspecified atom stereocenters. The third-order valence-corrected chi connectivity index (χ3v) is 3.76. The lowest BCUT2D eigenvalue weighted by atomic mass is 10.2. The van der Waals surface area contributed by atoms with Gasteiger partial charge in [0.25, 0.3) is 0 Å². The van der Waals surface area contributed by atoms with Crippen molar-refractivity contribution in [2.45, 2.75) is 25.5 Å². The zero-order valence-electron chi connectivity index (χ0n) is 11.6. The molecule has 6 nitrogen and oxygen atoms in total. The van der Waals surface area contributed by atoms with Crippen LogP contribution in [0.3, 0.4) is 0 Å². The van der Waals surface area contributed by atoms with Crippen LogP contribution >= 0.6 is 0 Å². The van der Waals surface area contributed by atoms with E-state index in [9.17, 15) is 9.18 Å². The van der Waals surface area contributed by atoms with Crippen molar-refractivity contribution in [2.75, 3.05) is 18.6 Å².